The molecule has 126 valence electrons. The van der Waals surface area contributed by atoms with E-state index in [4.69, 9.17) is 0 Å². The first-order valence-electron chi connectivity index (χ1n) is 10.1. The number of rotatable bonds is 16. The third kappa shape index (κ3) is 11.2. The van der Waals surface area contributed by atoms with Gasteiger partial charge in [-0.05, 0) is 38.1 Å². The predicted octanol–water partition coefficient (Wildman–Crippen LogP) is 6.47. The maximum Gasteiger partial charge on any atom is 0.00953 e. The summed E-state index contributed by atoms with van der Waals surface area (Å²) in [4.78, 5) is 0. The lowest BCUT2D eigenvalue weighted by Crippen LogP contribution is -2.31. The lowest BCUT2D eigenvalue weighted by atomic mass is 10.0. The van der Waals surface area contributed by atoms with Crippen LogP contribution in [0.4, 0.5) is 0 Å². The van der Waals surface area contributed by atoms with Crippen LogP contribution in [0.25, 0.3) is 0 Å². The van der Waals surface area contributed by atoms with Gasteiger partial charge in [-0.3, -0.25) is 0 Å². The van der Waals surface area contributed by atoms with Crippen molar-refractivity contribution >= 4 is 0 Å². The van der Waals surface area contributed by atoms with Crippen LogP contribution in [-0.2, 0) is 0 Å². The normalized spacial score (nSPS) is 16.3. The van der Waals surface area contributed by atoms with E-state index in [2.05, 4.69) is 19.2 Å². The number of hydrogen-bond donors (Lipinski definition) is 1. The van der Waals surface area contributed by atoms with Crippen molar-refractivity contribution in [2.45, 2.75) is 116 Å². The third-order valence-corrected chi connectivity index (χ3v) is 4.97. The van der Waals surface area contributed by atoms with Gasteiger partial charge < -0.3 is 5.32 Å². The van der Waals surface area contributed by atoms with Crippen molar-refractivity contribution in [2.75, 3.05) is 6.54 Å². The molecule has 0 aromatic heterocycles. The number of hydrogen-bond acceptors (Lipinski definition) is 1. The number of nitrogens with one attached hydrogen (secondary N) is 1. The molecule has 0 aromatic carbocycles. The summed E-state index contributed by atoms with van der Waals surface area (Å²) in [6.07, 6.45) is 21.7. The second kappa shape index (κ2) is 13.6. The van der Waals surface area contributed by atoms with E-state index in [9.17, 15) is 0 Å². The van der Waals surface area contributed by atoms with Gasteiger partial charge in [-0.2, -0.15) is 0 Å². The molecule has 0 amide bonds. The summed E-state index contributed by atoms with van der Waals surface area (Å²) in [7, 11) is 0. The van der Waals surface area contributed by atoms with E-state index in [1.54, 1.807) is 0 Å². The lowest BCUT2D eigenvalue weighted by Gasteiger charge is -2.17. The molecular weight excluding hydrogens is 254 g/mol. The topological polar surface area (TPSA) is 12.0 Å². The summed E-state index contributed by atoms with van der Waals surface area (Å²) in [5.74, 6) is 1.03. The lowest BCUT2D eigenvalue weighted by molar-refractivity contribution is 0.414. The van der Waals surface area contributed by atoms with Crippen molar-refractivity contribution in [3.8, 4) is 0 Å². The summed E-state index contributed by atoms with van der Waals surface area (Å²) in [6.45, 7) is 5.80. The van der Waals surface area contributed by atoms with Gasteiger partial charge in [-0.25, -0.2) is 0 Å². The molecule has 1 heteroatoms. The summed E-state index contributed by atoms with van der Waals surface area (Å²) >= 11 is 0. The minimum Gasteiger partial charge on any atom is -0.314 e. The molecule has 0 spiro atoms. The van der Waals surface area contributed by atoms with Crippen LogP contribution in [0, 0.1) is 5.92 Å². The van der Waals surface area contributed by atoms with Crippen LogP contribution in [0.5, 0.6) is 0 Å². The Bertz CT molecular complexity index is 210. The molecule has 0 radical (unpaired) electrons. The van der Waals surface area contributed by atoms with Gasteiger partial charge in [0.15, 0.2) is 0 Å². The minimum absolute atomic E-state index is 0.850. The van der Waals surface area contributed by atoms with Crippen molar-refractivity contribution in [1.82, 2.24) is 5.32 Å². The first-order chi connectivity index (χ1) is 10.4. The molecule has 0 bridgehead atoms. The Morgan fingerprint density at radius 3 is 1.71 bits per heavy atom. The van der Waals surface area contributed by atoms with Crippen LogP contribution in [-0.4, -0.2) is 12.6 Å². The van der Waals surface area contributed by atoms with Crippen LogP contribution in [0.3, 0.4) is 0 Å². The van der Waals surface area contributed by atoms with Crippen molar-refractivity contribution in [3.63, 3.8) is 0 Å². The van der Waals surface area contributed by atoms with Gasteiger partial charge in [0, 0.05) is 6.04 Å². The van der Waals surface area contributed by atoms with Crippen molar-refractivity contribution in [3.05, 3.63) is 0 Å². The Labute approximate surface area is 134 Å². The largest absolute Gasteiger partial charge is 0.314 e. The number of unbranched alkanes of at least 4 members (excludes halogenated alkanes) is 10. The Kier molecular flexibility index (Phi) is 12.3. The average Bonchev–Trinajstić information content (AvgIpc) is 3.32. The van der Waals surface area contributed by atoms with Crippen molar-refractivity contribution < 1.29 is 0 Å². The van der Waals surface area contributed by atoms with Gasteiger partial charge in [-0.1, -0.05) is 84.5 Å². The van der Waals surface area contributed by atoms with Crippen LogP contribution < -0.4 is 5.32 Å². The molecule has 1 saturated carbocycles. The van der Waals surface area contributed by atoms with Crippen molar-refractivity contribution in [1.29, 1.82) is 0 Å². The molecule has 0 saturated heterocycles. The van der Waals surface area contributed by atoms with Gasteiger partial charge in [-0.15, -0.1) is 0 Å². The maximum atomic E-state index is 3.77. The van der Waals surface area contributed by atoms with Crippen molar-refractivity contribution in [2.24, 2.45) is 5.92 Å². The van der Waals surface area contributed by atoms with E-state index in [0.717, 1.165) is 12.0 Å². The highest BCUT2D eigenvalue weighted by Crippen LogP contribution is 2.34. The highest BCUT2D eigenvalue weighted by atomic mass is 14.9. The molecule has 1 rings (SSSR count). The standard InChI is InChI=1S/C20H41N/c1-3-5-6-7-8-9-10-11-12-13-14-15-20(19-16-17-19)21-18-4-2/h19-21H,3-18H2,1-2H3. The molecule has 0 aliphatic heterocycles. The van der Waals surface area contributed by atoms with E-state index in [1.165, 1.54) is 103 Å². The Morgan fingerprint density at radius 2 is 1.24 bits per heavy atom. The zero-order chi connectivity index (χ0) is 15.2. The quantitative estimate of drug-likeness (QED) is 0.322. The Balaban J connectivity index is 1.81. The minimum atomic E-state index is 0.850. The first kappa shape index (κ1) is 19.0. The monoisotopic (exact) mass is 295 g/mol. The second-order valence-electron chi connectivity index (χ2n) is 7.22. The van der Waals surface area contributed by atoms with Gasteiger partial charge in [0.05, 0.1) is 0 Å². The predicted molar refractivity (Wildman–Crippen MR) is 95.9 cm³/mol. The summed E-state index contributed by atoms with van der Waals surface area (Å²) in [6, 6.07) is 0.850. The molecule has 1 atom stereocenters. The molecule has 0 heterocycles. The molecule has 21 heavy (non-hydrogen) atoms. The van der Waals surface area contributed by atoms with Gasteiger partial charge in [0.25, 0.3) is 0 Å². The average molecular weight is 296 g/mol. The smallest absolute Gasteiger partial charge is 0.00953 e. The molecule has 1 aliphatic rings. The second-order valence-corrected chi connectivity index (χ2v) is 7.22. The summed E-state index contributed by atoms with van der Waals surface area (Å²) in [5.41, 5.74) is 0. The molecular formula is C20H41N. The van der Waals surface area contributed by atoms with E-state index in [0.29, 0.717) is 0 Å². The van der Waals surface area contributed by atoms with Crippen LogP contribution in [0.2, 0.25) is 0 Å². The fourth-order valence-corrected chi connectivity index (χ4v) is 3.36. The highest BCUT2D eigenvalue weighted by Gasteiger charge is 2.29. The SMILES string of the molecule is CCCCCCCCCCCCCC(NCCC)C1CC1. The highest BCUT2D eigenvalue weighted by molar-refractivity contribution is 4.86. The van der Waals surface area contributed by atoms with E-state index >= 15 is 0 Å². The Hall–Kier alpha value is -0.0400. The van der Waals surface area contributed by atoms with Crippen LogP contribution in [0.15, 0.2) is 0 Å². The van der Waals surface area contributed by atoms with E-state index < -0.39 is 0 Å². The molecule has 1 N–H and O–H groups in total. The zero-order valence-corrected chi connectivity index (χ0v) is 15.0. The molecule has 1 unspecified atom stereocenters. The first-order valence-corrected chi connectivity index (χ1v) is 10.1. The van der Waals surface area contributed by atoms with E-state index in [-0.39, 0.29) is 0 Å². The fourth-order valence-electron chi connectivity index (χ4n) is 3.36. The fraction of sp³-hybridized carbons (Fsp3) is 1.00. The van der Waals surface area contributed by atoms with E-state index in [1.807, 2.05) is 0 Å². The molecule has 0 aromatic rings. The maximum absolute atomic E-state index is 3.77. The van der Waals surface area contributed by atoms with Gasteiger partial charge >= 0.3 is 0 Å². The van der Waals surface area contributed by atoms with Crippen LogP contribution >= 0.6 is 0 Å². The summed E-state index contributed by atoms with van der Waals surface area (Å²) in [5, 5.41) is 3.77. The Morgan fingerprint density at radius 1 is 0.714 bits per heavy atom. The molecule has 1 aliphatic carbocycles. The van der Waals surface area contributed by atoms with Gasteiger partial charge in [0.2, 0.25) is 0 Å². The third-order valence-electron chi connectivity index (χ3n) is 4.97. The molecule has 1 fully saturated rings. The van der Waals surface area contributed by atoms with Gasteiger partial charge in [0.1, 0.15) is 0 Å². The van der Waals surface area contributed by atoms with Crippen LogP contribution in [0.1, 0.15) is 110 Å². The summed E-state index contributed by atoms with van der Waals surface area (Å²) < 4.78 is 0. The zero-order valence-electron chi connectivity index (χ0n) is 15.0. The molecule has 1 nitrogen and oxygen atoms in total.